The molecular weight excluding hydrogens is 216 g/mol. The maximum absolute atomic E-state index is 11.6. The second-order valence-electron chi connectivity index (χ2n) is 4.74. The topological polar surface area (TPSA) is 32.8 Å². The van der Waals surface area contributed by atoms with Crippen LogP contribution in [0.4, 0.5) is 0 Å². The first-order valence-electron chi connectivity index (χ1n) is 6.70. The van der Waals surface area contributed by atoms with Crippen molar-refractivity contribution in [2.24, 2.45) is 5.92 Å². The van der Waals surface area contributed by atoms with E-state index in [4.69, 9.17) is 4.74 Å². The van der Waals surface area contributed by atoms with Crippen molar-refractivity contribution in [3.63, 3.8) is 0 Å². The lowest BCUT2D eigenvalue weighted by molar-refractivity contribution is -0.136. The first-order chi connectivity index (χ1) is 8.21. The Morgan fingerprint density at radius 3 is 2.35 bits per heavy atom. The molecule has 0 atom stereocenters. The van der Waals surface area contributed by atoms with E-state index in [1.807, 2.05) is 4.90 Å². The summed E-state index contributed by atoms with van der Waals surface area (Å²) in [5.74, 6) is 0.885. The van der Waals surface area contributed by atoms with Gasteiger partial charge in [0.05, 0.1) is 0 Å². The normalized spacial score (nSPS) is 17.8. The van der Waals surface area contributed by atoms with Crippen LogP contribution in [-0.2, 0) is 9.53 Å². The van der Waals surface area contributed by atoms with Crippen molar-refractivity contribution < 1.29 is 9.53 Å². The van der Waals surface area contributed by atoms with Gasteiger partial charge < -0.3 is 14.5 Å². The summed E-state index contributed by atoms with van der Waals surface area (Å²) in [6.45, 7) is 9.86. The van der Waals surface area contributed by atoms with Crippen LogP contribution in [-0.4, -0.2) is 62.1 Å². The molecule has 1 saturated heterocycles. The molecule has 0 N–H and O–H groups in total. The molecule has 0 saturated carbocycles. The third-order valence-corrected chi connectivity index (χ3v) is 3.65. The molecule has 1 fully saturated rings. The Kier molecular flexibility index (Phi) is 6.52. The maximum atomic E-state index is 11.6. The monoisotopic (exact) mass is 242 g/mol. The van der Waals surface area contributed by atoms with E-state index in [1.54, 1.807) is 7.11 Å². The van der Waals surface area contributed by atoms with Gasteiger partial charge in [-0.1, -0.05) is 13.8 Å². The van der Waals surface area contributed by atoms with Gasteiger partial charge in [0.2, 0.25) is 5.91 Å². The molecule has 1 amide bonds. The fourth-order valence-electron chi connectivity index (χ4n) is 2.43. The summed E-state index contributed by atoms with van der Waals surface area (Å²) in [7, 11) is 1.57. The lowest BCUT2D eigenvalue weighted by atomic mass is 9.96. The predicted molar refractivity (Wildman–Crippen MR) is 69.0 cm³/mol. The number of piperidine rings is 1. The van der Waals surface area contributed by atoms with Crippen molar-refractivity contribution >= 4 is 5.91 Å². The Hall–Kier alpha value is -0.610. The van der Waals surface area contributed by atoms with E-state index in [1.165, 1.54) is 6.54 Å². The molecule has 4 nitrogen and oxygen atoms in total. The van der Waals surface area contributed by atoms with Gasteiger partial charge in [0.1, 0.15) is 6.61 Å². The average Bonchev–Trinajstić information content (AvgIpc) is 2.37. The molecule has 0 unspecified atom stereocenters. The largest absolute Gasteiger partial charge is 0.375 e. The summed E-state index contributed by atoms with van der Waals surface area (Å²) in [6, 6.07) is 0. The number of carbonyl (C=O) groups excluding carboxylic acids is 1. The van der Waals surface area contributed by atoms with Crippen LogP contribution in [0.25, 0.3) is 0 Å². The van der Waals surface area contributed by atoms with E-state index in [0.717, 1.165) is 44.9 Å². The molecule has 100 valence electrons. The molecule has 17 heavy (non-hydrogen) atoms. The van der Waals surface area contributed by atoms with E-state index < -0.39 is 0 Å². The fourth-order valence-corrected chi connectivity index (χ4v) is 2.43. The van der Waals surface area contributed by atoms with Gasteiger partial charge in [0.15, 0.2) is 0 Å². The Morgan fingerprint density at radius 2 is 1.88 bits per heavy atom. The van der Waals surface area contributed by atoms with Crippen molar-refractivity contribution in [3.05, 3.63) is 0 Å². The van der Waals surface area contributed by atoms with Gasteiger partial charge >= 0.3 is 0 Å². The molecule has 0 aromatic rings. The molecule has 1 heterocycles. The quantitative estimate of drug-likeness (QED) is 0.702. The number of rotatable bonds is 6. The van der Waals surface area contributed by atoms with Crippen molar-refractivity contribution in [2.75, 3.05) is 46.4 Å². The van der Waals surface area contributed by atoms with Crippen LogP contribution in [0, 0.1) is 5.92 Å². The molecule has 1 aliphatic rings. The van der Waals surface area contributed by atoms with Crippen molar-refractivity contribution in [3.8, 4) is 0 Å². The molecule has 0 radical (unpaired) electrons. The molecule has 0 aliphatic carbocycles. The SMILES string of the molecule is CCN(CC)CC1CCN(C(=O)COC)CC1. The summed E-state index contributed by atoms with van der Waals surface area (Å²) in [6.07, 6.45) is 2.26. The van der Waals surface area contributed by atoms with Crippen LogP contribution in [0.15, 0.2) is 0 Å². The number of hydrogen-bond donors (Lipinski definition) is 0. The third-order valence-electron chi connectivity index (χ3n) is 3.65. The highest BCUT2D eigenvalue weighted by Crippen LogP contribution is 2.18. The molecule has 1 aliphatic heterocycles. The van der Waals surface area contributed by atoms with Crippen LogP contribution in [0.2, 0.25) is 0 Å². The highest BCUT2D eigenvalue weighted by atomic mass is 16.5. The second-order valence-corrected chi connectivity index (χ2v) is 4.74. The van der Waals surface area contributed by atoms with E-state index in [0.29, 0.717) is 0 Å². The molecule has 4 heteroatoms. The summed E-state index contributed by atoms with van der Waals surface area (Å²) < 4.78 is 4.88. The van der Waals surface area contributed by atoms with Gasteiger partial charge in [-0.15, -0.1) is 0 Å². The van der Waals surface area contributed by atoms with E-state index >= 15 is 0 Å². The molecule has 0 aromatic carbocycles. The molecule has 1 rings (SSSR count). The number of methoxy groups -OCH3 is 1. The highest BCUT2D eigenvalue weighted by molar-refractivity contribution is 5.77. The highest BCUT2D eigenvalue weighted by Gasteiger charge is 2.23. The average molecular weight is 242 g/mol. The second kappa shape index (κ2) is 7.67. The van der Waals surface area contributed by atoms with Gasteiger partial charge in [0, 0.05) is 26.7 Å². The number of nitrogens with zero attached hydrogens (tertiary/aromatic N) is 2. The molecule has 0 spiro atoms. The van der Waals surface area contributed by atoms with Gasteiger partial charge in [-0.05, 0) is 31.8 Å². The summed E-state index contributed by atoms with van der Waals surface area (Å²) >= 11 is 0. The zero-order valence-electron chi connectivity index (χ0n) is 11.4. The van der Waals surface area contributed by atoms with Gasteiger partial charge in [-0.3, -0.25) is 4.79 Å². The number of likely N-dealkylation sites (tertiary alicyclic amines) is 1. The zero-order valence-corrected chi connectivity index (χ0v) is 11.4. The van der Waals surface area contributed by atoms with Crippen LogP contribution < -0.4 is 0 Å². The van der Waals surface area contributed by atoms with Crippen molar-refractivity contribution in [1.29, 1.82) is 0 Å². The lowest BCUT2D eigenvalue weighted by Crippen LogP contribution is -2.42. The first kappa shape index (κ1) is 14.5. The van der Waals surface area contributed by atoms with Crippen LogP contribution in [0.3, 0.4) is 0 Å². The Balaban J connectivity index is 2.28. The molecular formula is C13H26N2O2. The van der Waals surface area contributed by atoms with Crippen LogP contribution >= 0.6 is 0 Å². The summed E-state index contributed by atoms with van der Waals surface area (Å²) in [5, 5.41) is 0. The maximum Gasteiger partial charge on any atom is 0.248 e. The minimum atomic E-state index is 0.133. The van der Waals surface area contributed by atoms with Crippen LogP contribution in [0.1, 0.15) is 26.7 Å². The Morgan fingerprint density at radius 1 is 1.29 bits per heavy atom. The number of ether oxygens (including phenoxy) is 1. The summed E-state index contributed by atoms with van der Waals surface area (Å²) in [4.78, 5) is 16.0. The first-order valence-corrected chi connectivity index (χ1v) is 6.70. The van der Waals surface area contributed by atoms with Gasteiger partial charge in [0.25, 0.3) is 0 Å². The number of hydrogen-bond acceptors (Lipinski definition) is 3. The lowest BCUT2D eigenvalue weighted by Gasteiger charge is -2.34. The molecule has 0 aromatic heterocycles. The van der Waals surface area contributed by atoms with Gasteiger partial charge in [-0.2, -0.15) is 0 Å². The van der Waals surface area contributed by atoms with Gasteiger partial charge in [-0.25, -0.2) is 0 Å². The minimum absolute atomic E-state index is 0.133. The third kappa shape index (κ3) is 4.64. The Bertz CT molecular complexity index is 221. The van der Waals surface area contributed by atoms with E-state index in [2.05, 4.69) is 18.7 Å². The fraction of sp³-hybridized carbons (Fsp3) is 0.923. The van der Waals surface area contributed by atoms with E-state index in [9.17, 15) is 4.79 Å². The van der Waals surface area contributed by atoms with E-state index in [-0.39, 0.29) is 12.5 Å². The summed E-state index contributed by atoms with van der Waals surface area (Å²) in [5.41, 5.74) is 0. The minimum Gasteiger partial charge on any atom is -0.375 e. The standard InChI is InChI=1S/C13H26N2O2/c1-4-14(5-2)10-12-6-8-15(9-7-12)13(16)11-17-3/h12H,4-11H2,1-3H3. The number of amides is 1. The Labute approximate surface area is 105 Å². The predicted octanol–water partition coefficient (Wildman–Crippen LogP) is 1.21. The van der Waals surface area contributed by atoms with Crippen LogP contribution in [0.5, 0.6) is 0 Å². The van der Waals surface area contributed by atoms with Crippen molar-refractivity contribution in [1.82, 2.24) is 9.80 Å². The molecule has 0 bridgehead atoms. The van der Waals surface area contributed by atoms with Crippen molar-refractivity contribution in [2.45, 2.75) is 26.7 Å². The number of carbonyl (C=O) groups is 1. The smallest absolute Gasteiger partial charge is 0.248 e. The zero-order chi connectivity index (χ0) is 12.7.